The molecule has 0 aromatic rings. The summed E-state index contributed by atoms with van der Waals surface area (Å²) in [6, 6.07) is -1.16. The molecule has 0 aliphatic rings. The molecule has 374 valence electrons. The Balaban J connectivity index is 5.32. The second-order valence-electron chi connectivity index (χ2n) is 16.6. The summed E-state index contributed by atoms with van der Waals surface area (Å²) in [5, 5.41) is 19.5. The number of nitrogens with two attached hydrogens (primary N) is 1. The maximum absolute atomic E-state index is 13.0. The number of esters is 2. The fourth-order valence-electron chi connectivity index (χ4n) is 5.48. The van der Waals surface area contributed by atoms with Crippen LogP contribution < -0.4 is 10.6 Å². The molecular weight excluding hydrogens is 880 g/mol. The lowest BCUT2D eigenvalue weighted by atomic mass is 10.1. The summed E-state index contributed by atoms with van der Waals surface area (Å²) in [5.74, 6) is -2.38. The third-order valence-corrected chi connectivity index (χ3v) is 11.6. The highest BCUT2D eigenvalue weighted by Crippen LogP contribution is 2.38. The van der Waals surface area contributed by atoms with Gasteiger partial charge in [-0.3, -0.25) is 18.9 Å². The van der Waals surface area contributed by atoms with Crippen LogP contribution in [0.15, 0.2) is 109 Å². The van der Waals surface area contributed by atoms with Crippen molar-refractivity contribution in [3.05, 3.63) is 109 Å². The Morgan fingerprint density at radius 2 is 1.30 bits per heavy atom. The molecule has 0 aliphatic heterocycles. The minimum Gasteiger partial charge on any atom is -0.756 e. The number of unbranched alkanes of at least 4 members (excludes halogenated alkanes) is 4. The average Bonchev–Trinajstić information content (AvgIpc) is 3.26. The first kappa shape index (κ1) is 62.4. The molecule has 15 heteroatoms. The van der Waals surface area contributed by atoms with Crippen LogP contribution in [0.25, 0.3) is 0 Å². The zero-order valence-electron chi connectivity index (χ0n) is 40.5. The van der Waals surface area contributed by atoms with Crippen LogP contribution in [0.4, 0.5) is 0 Å². The molecule has 1 unspecified atom stereocenters. The molecule has 0 radical (unpaired) electrons. The number of hydrogen-bond donors (Lipinski definition) is 3. The second-order valence-corrected chi connectivity index (χ2v) is 19.2. The van der Waals surface area contributed by atoms with Gasteiger partial charge in [0, 0.05) is 23.8 Å². The van der Waals surface area contributed by atoms with Crippen molar-refractivity contribution in [3.8, 4) is 0 Å². The number of quaternary nitrogens is 1. The van der Waals surface area contributed by atoms with Crippen LogP contribution in [0, 0.1) is 0 Å². The number of hydrogen-bond acceptors (Lipinski definition) is 12. The van der Waals surface area contributed by atoms with Crippen LogP contribution in [0.1, 0.15) is 117 Å². The smallest absolute Gasteiger partial charge is 0.323 e. The van der Waals surface area contributed by atoms with Gasteiger partial charge in [-0.1, -0.05) is 136 Å². The Bertz CT molecular complexity index is 1610. The van der Waals surface area contributed by atoms with E-state index in [-0.39, 0.29) is 38.0 Å². The van der Waals surface area contributed by atoms with Crippen molar-refractivity contribution in [2.75, 3.05) is 53.3 Å². The summed E-state index contributed by atoms with van der Waals surface area (Å²) < 4.78 is 33.9. The Labute approximate surface area is 401 Å². The Hall–Kier alpha value is -3.59. The maximum atomic E-state index is 13.0. The number of aliphatic hydroxyl groups excluding tert-OH is 1. The molecule has 0 heterocycles. The predicted octanol–water partition coefficient (Wildman–Crippen LogP) is 9.81. The van der Waals surface area contributed by atoms with Gasteiger partial charge in [-0.15, -0.1) is 11.8 Å². The lowest BCUT2D eigenvalue weighted by molar-refractivity contribution is -0.870. The largest absolute Gasteiger partial charge is 0.756 e. The van der Waals surface area contributed by atoms with E-state index >= 15 is 0 Å². The molecule has 5 atom stereocenters. The maximum Gasteiger partial charge on any atom is 0.323 e. The van der Waals surface area contributed by atoms with Gasteiger partial charge in [-0.05, 0) is 77.0 Å². The van der Waals surface area contributed by atoms with E-state index in [0.29, 0.717) is 23.9 Å². The number of phosphoric ester groups is 1. The number of carboxylic acid groups (broad SMARTS) is 1. The van der Waals surface area contributed by atoms with Gasteiger partial charge in [-0.25, -0.2) is 0 Å². The summed E-state index contributed by atoms with van der Waals surface area (Å²) in [6.45, 7) is 3.40. The van der Waals surface area contributed by atoms with Crippen molar-refractivity contribution < 1.29 is 57.1 Å². The minimum absolute atomic E-state index is 0.0324. The van der Waals surface area contributed by atoms with E-state index in [0.717, 1.165) is 44.9 Å². The van der Waals surface area contributed by atoms with Crippen molar-refractivity contribution in [1.82, 2.24) is 0 Å². The fraction of sp³-hybridized carbons (Fsp3) is 0.588. The molecule has 66 heavy (non-hydrogen) atoms. The number of carboxylic acids is 1. The van der Waals surface area contributed by atoms with Gasteiger partial charge in [-0.2, -0.15) is 0 Å². The van der Waals surface area contributed by atoms with Gasteiger partial charge < -0.3 is 43.8 Å². The standard InChI is InChI=1S/C51H83N2O11PS/c1-6-8-10-12-14-16-18-20-21-22-23-24-26-28-30-32-34-39-50(57)64-45(43-63-65(59,60)62-41-40-53(3,4)5)42-61-51(58)46(52)44-66-48(47(54)36-35-38-49(55)56)37-33-31-29-27-25-19-17-15-13-11-9-7-2/h8,10,14-17,20-21,23-25,27-31,33,37,45-48,54H,6-7,9,11-13,18-19,22,26,32,34-36,38-44,52H2,1-5H3,(H-,55,56,59,60)/b10-8-,16-14-,17-15-,21-20-,24-23-,27-25-,30-28-,31-29+,37-33+/t45-,46+,47+,48-/m1/s1. The number of phosphoric acid groups is 1. The highest BCUT2D eigenvalue weighted by atomic mass is 32.2. The Morgan fingerprint density at radius 1 is 0.727 bits per heavy atom. The topological polar surface area (TPSA) is 195 Å². The number of carbonyl (C=O) groups excluding carboxylic acids is 2. The average molecular weight is 963 g/mol. The zero-order valence-corrected chi connectivity index (χ0v) is 42.2. The molecule has 0 aliphatic carbocycles. The van der Waals surface area contributed by atoms with Crippen molar-refractivity contribution in [2.24, 2.45) is 5.73 Å². The summed E-state index contributed by atoms with van der Waals surface area (Å²) in [7, 11) is 0.850. The molecule has 0 amide bonds. The highest BCUT2D eigenvalue weighted by molar-refractivity contribution is 8.00. The van der Waals surface area contributed by atoms with Crippen LogP contribution in [-0.2, 0) is 37.5 Å². The molecule has 0 spiro atoms. The van der Waals surface area contributed by atoms with Crippen LogP contribution in [-0.4, -0.2) is 109 Å². The van der Waals surface area contributed by atoms with E-state index in [2.05, 4.69) is 74.6 Å². The molecule has 13 nitrogen and oxygen atoms in total. The Kier molecular flexibility index (Phi) is 39.3. The van der Waals surface area contributed by atoms with Crippen LogP contribution in [0.3, 0.4) is 0 Å². The SMILES string of the molecule is CC/C=C\C/C=C\C/C=C\C/C=C\C/C=C\CCCC(=O)O[C@H](COC(=O)[C@@H](N)CS[C@H](/C=C/C=C/C=C\C/C=C\CCCCC)[C@@H](O)CCCC(=O)O)COP(=O)([O-])OCC[N+](C)(C)C. The lowest BCUT2D eigenvalue weighted by Crippen LogP contribution is -2.39. The van der Waals surface area contributed by atoms with E-state index in [1.165, 1.54) is 31.0 Å². The third-order valence-electron chi connectivity index (χ3n) is 9.27. The van der Waals surface area contributed by atoms with Gasteiger partial charge in [0.25, 0.3) is 7.82 Å². The van der Waals surface area contributed by atoms with Gasteiger partial charge in [0.15, 0.2) is 6.10 Å². The number of thioether (sulfide) groups is 1. The number of likely N-dealkylation sites (N-methyl/N-ethyl adjacent to an activating group) is 1. The first-order valence-electron chi connectivity index (χ1n) is 23.5. The highest BCUT2D eigenvalue weighted by Gasteiger charge is 2.25. The van der Waals surface area contributed by atoms with E-state index in [9.17, 15) is 28.9 Å². The van der Waals surface area contributed by atoms with Crippen LogP contribution >= 0.6 is 19.6 Å². The molecule has 0 saturated heterocycles. The number of ether oxygens (including phenoxy) is 2. The summed E-state index contributed by atoms with van der Waals surface area (Å²) in [6.07, 6.45) is 46.0. The first-order valence-corrected chi connectivity index (χ1v) is 26.0. The molecule has 0 aromatic carbocycles. The van der Waals surface area contributed by atoms with Crippen molar-refractivity contribution in [1.29, 1.82) is 0 Å². The molecule has 0 saturated carbocycles. The van der Waals surface area contributed by atoms with Crippen molar-refractivity contribution >= 4 is 37.5 Å². The van der Waals surface area contributed by atoms with Gasteiger partial charge in [0.1, 0.15) is 25.8 Å². The quantitative estimate of drug-likeness (QED) is 0.0131. The summed E-state index contributed by atoms with van der Waals surface area (Å²) in [4.78, 5) is 49.5. The van der Waals surface area contributed by atoms with E-state index < -0.39 is 62.4 Å². The molecule has 0 aromatic heterocycles. The molecule has 0 bridgehead atoms. The second kappa shape index (κ2) is 41.6. The third kappa shape index (κ3) is 41.8. The van der Waals surface area contributed by atoms with E-state index in [4.69, 9.17) is 29.4 Å². The molecule has 4 N–H and O–H groups in total. The fourth-order valence-corrected chi connectivity index (χ4v) is 7.34. The number of nitrogens with zero attached hydrogens (tertiary/aromatic N) is 1. The van der Waals surface area contributed by atoms with Crippen LogP contribution in [0.2, 0.25) is 0 Å². The lowest BCUT2D eigenvalue weighted by Gasteiger charge is -2.28. The molecular formula is C51H83N2O11PS. The zero-order chi connectivity index (χ0) is 49.2. The normalized spacial score (nSPS) is 15.8. The molecule has 0 fully saturated rings. The number of aliphatic hydroxyl groups is 1. The van der Waals surface area contributed by atoms with Crippen LogP contribution in [0.5, 0.6) is 0 Å². The van der Waals surface area contributed by atoms with Gasteiger partial charge in [0.05, 0.1) is 33.9 Å². The number of aliphatic carboxylic acids is 1. The molecule has 0 rings (SSSR count). The van der Waals surface area contributed by atoms with Crippen molar-refractivity contribution in [3.63, 3.8) is 0 Å². The van der Waals surface area contributed by atoms with Crippen molar-refractivity contribution in [2.45, 2.75) is 140 Å². The Morgan fingerprint density at radius 3 is 1.89 bits per heavy atom. The monoisotopic (exact) mass is 963 g/mol. The minimum atomic E-state index is -4.79. The summed E-state index contributed by atoms with van der Waals surface area (Å²) >= 11 is 1.21. The number of allylic oxidation sites excluding steroid dienone is 17. The van der Waals surface area contributed by atoms with E-state index in [1.54, 1.807) is 12.2 Å². The predicted molar refractivity (Wildman–Crippen MR) is 269 cm³/mol. The number of carbonyl (C=O) groups is 3. The van der Waals surface area contributed by atoms with Gasteiger partial charge in [0.2, 0.25) is 0 Å². The summed E-state index contributed by atoms with van der Waals surface area (Å²) in [5.41, 5.74) is 6.19. The van der Waals surface area contributed by atoms with E-state index in [1.807, 2.05) is 57.6 Å². The van der Waals surface area contributed by atoms with Gasteiger partial charge >= 0.3 is 17.9 Å². The number of rotatable bonds is 41. The first-order chi connectivity index (χ1) is 31.6.